The minimum Gasteiger partial charge on any atom is -0.493 e. The molecule has 1 aromatic heterocycles. The van der Waals surface area contributed by atoms with E-state index in [1.165, 1.54) is 0 Å². The summed E-state index contributed by atoms with van der Waals surface area (Å²) in [7, 11) is 3.46. The van der Waals surface area contributed by atoms with Gasteiger partial charge in [0.1, 0.15) is 5.60 Å². The summed E-state index contributed by atoms with van der Waals surface area (Å²) in [6.45, 7) is 5.65. The van der Waals surface area contributed by atoms with Crippen molar-refractivity contribution in [2.24, 2.45) is 7.05 Å². The van der Waals surface area contributed by atoms with Crippen molar-refractivity contribution in [3.05, 3.63) is 106 Å². The molecule has 3 aromatic carbocycles. The van der Waals surface area contributed by atoms with Crippen LogP contribution in [0.4, 0.5) is 5.69 Å². The minimum absolute atomic E-state index is 0.0494. The van der Waals surface area contributed by atoms with E-state index in [0.29, 0.717) is 33.5 Å². The van der Waals surface area contributed by atoms with Gasteiger partial charge in [-0.25, -0.2) is 4.98 Å². The number of nitrogens with zero attached hydrogens (tertiary/aromatic N) is 3. The van der Waals surface area contributed by atoms with Crippen LogP contribution in [0.3, 0.4) is 0 Å². The third-order valence-corrected chi connectivity index (χ3v) is 7.30. The average molecular weight is 546 g/mol. The topological polar surface area (TPSA) is 76.8 Å². The molecule has 0 radical (unpaired) electrons. The van der Waals surface area contributed by atoms with Crippen LogP contribution in [0.25, 0.3) is 0 Å². The fourth-order valence-electron chi connectivity index (χ4n) is 5.09. The number of hydrogen-bond donors (Lipinski definition) is 1. The molecule has 4 aromatic rings. The summed E-state index contributed by atoms with van der Waals surface area (Å²) in [5.74, 6) is 1.17. The molecule has 39 heavy (non-hydrogen) atoms. The maximum atomic E-state index is 13.7. The van der Waals surface area contributed by atoms with Crippen LogP contribution in [0.15, 0.2) is 73.2 Å². The lowest BCUT2D eigenvalue weighted by molar-refractivity contribution is -0.118. The van der Waals surface area contributed by atoms with Crippen molar-refractivity contribution in [3.63, 3.8) is 0 Å². The number of carbonyl (C=O) groups is 1. The van der Waals surface area contributed by atoms with Crippen molar-refractivity contribution in [2.45, 2.75) is 44.9 Å². The zero-order valence-corrected chi connectivity index (χ0v) is 23.4. The predicted octanol–water partition coefficient (Wildman–Crippen LogP) is 5.80. The normalized spacial score (nSPS) is 16.7. The van der Waals surface area contributed by atoms with E-state index in [1.807, 2.05) is 81.6 Å². The number of aliphatic hydroxyl groups is 1. The SMILES string of the molecule is COc1cc2c(cc1OC(C)C)[C@H](c1ccc(Cl)cc1)N(c1ccc(C(C)(O)c3cn(C)cn3)cc1)C(=O)C2. The molecule has 7 nitrogen and oxygen atoms in total. The fourth-order valence-corrected chi connectivity index (χ4v) is 5.21. The Labute approximate surface area is 233 Å². The Hall–Kier alpha value is -3.81. The maximum Gasteiger partial charge on any atom is 0.232 e. The van der Waals surface area contributed by atoms with Crippen LogP contribution in [0, 0.1) is 0 Å². The Bertz CT molecular complexity index is 1490. The molecule has 1 aliphatic heterocycles. The lowest BCUT2D eigenvalue weighted by atomic mass is 9.86. The maximum absolute atomic E-state index is 13.7. The molecular weight excluding hydrogens is 514 g/mol. The number of aryl methyl sites for hydroxylation is 1. The van der Waals surface area contributed by atoms with Crippen molar-refractivity contribution < 1.29 is 19.4 Å². The van der Waals surface area contributed by atoms with Gasteiger partial charge in [0.2, 0.25) is 5.91 Å². The molecule has 2 atom stereocenters. The summed E-state index contributed by atoms with van der Waals surface area (Å²) in [6.07, 6.45) is 3.61. The Balaban J connectivity index is 1.61. The van der Waals surface area contributed by atoms with Crippen molar-refractivity contribution in [1.82, 2.24) is 9.55 Å². The number of fused-ring (bicyclic) bond motifs is 1. The summed E-state index contributed by atoms with van der Waals surface area (Å²) >= 11 is 6.22. The van der Waals surface area contributed by atoms with Gasteiger partial charge in [-0.15, -0.1) is 0 Å². The van der Waals surface area contributed by atoms with Crippen molar-refractivity contribution >= 4 is 23.2 Å². The van der Waals surface area contributed by atoms with Gasteiger partial charge in [-0.3, -0.25) is 4.79 Å². The zero-order valence-electron chi connectivity index (χ0n) is 22.7. The number of amides is 1. The number of aromatic nitrogens is 2. The molecule has 1 unspecified atom stereocenters. The molecule has 0 bridgehead atoms. The first-order valence-electron chi connectivity index (χ1n) is 12.8. The molecule has 2 heterocycles. The zero-order chi connectivity index (χ0) is 27.9. The number of rotatable bonds is 7. The van der Waals surface area contributed by atoms with Crippen LogP contribution in [0.1, 0.15) is 54.8 Å². The minimum atomic E-state index is -1.28. The highest BCUT2D eigenvalue weighted by molar-refractivity contribution is 6.30. The van der Waals surface area contributed by atoms with Crippen LogP contribution in [-0.4, -0.2) is 33.8 Å². The number of ether oxygens (including phenoxy) is 2. The third-order valence-electron chi connectivity index (χ3n) is 7.05. The van der Waals surface area contributed by atoms with E-state index >= 15 is 0 Å². The molecule has 0 aliphatic carbocycles. The highest BCUT2D eigenvalue weighted by Gasteiger charge is 2.36. The standard InChI is InChI=1S/C31H32ClN3O4/c1-19(2)39-27-16-25-21(14-26(27)38-5)15-29(36)35(30(25)20-6-10-23(32)11-7-20)24-12-8-22(9-13-24)31(3,37)28-17-34(4)18-33-28/h6-14,16-19,30,37H,15H2,1-5H3/t30-,31?/m0/s1. The second kappa shape index (κ2) is 10.4. The van der Waals surface area contributed by atoms with Crippen LogP contribution in [0.5, 0.6) is 11.5 Å². The van der Waals surface area contributed by atoms with Crippen LogP contribution >= 0.6 is 11.6 Å². The first kappa shape index (κ1) is 26.8. The van der Waals surface area contributed by atoms with Crippen LogP contribution in [0.2, 0.25) is 5.02 Å². The first-order chi connectivity index (χ1) is 18.6. The molecular formula is C31H32ClN3O4. The van der Waals surface area contributed by atoms with Crippen molar-refractivity contribution in [3.8, 4) is 11.5 Å². The van der Waals surface area contributed by atoms with Gasteiger partial charge in [-0.1, -0.05) is 35.9 Å². The van der Waals surface area contributed by atoms with E-state index in [4.69, 9.17) is 21.1 Å². The molecule has 202 valence electrons. The highest BCUT2D eigenvalue weighted by atomic mass is 35.5. The number of hydrogen-bond acceptors (Lipinski definition) is 5. The van der Waals surface area contributed by atoms with E-state index in [1.54, 1.807) is 36.0 Å². The Morgan fingerprint density at radius 1 is 1.08 bits per heavy atom. The monoisotopic (exact) mass is 545 g/mol. The van der Waals surface area contributed by atoms with E-state index in [9.17, 15) is 9.90 Å². The Morgan fingerprint density at radius 2 is 1.77 bits per heavy atom. The Kier molecular flexibility index (Phi) is 7.14. The molecule has 1 aliphatic rings. The van der Waals surface area contributed by atoms with Gasteiger partial charge in [0.25, 0.3) is 0 Å². The van der Waals surface area contributed by atoms with Gasteiger partial charge in [-0.05, 0) is 79.4 Å². The van der Waals surface area contributed by atoms with Crippen LogP contribution in [-0.2, 0) is 23.9 Å². The van der Waals surface area contributed by atoms with Gasteiger partial charge in [0.15, 0.2) is 11.5 Å². The second-order valence-corrected chi connectivity index (χ2v) is 10.7. The number of methoxy groups -OCH3 is 1. The van der Waals surface area contributed by atoms with E-state index in [0.717, 1.165) is 16.7 Å². The second-order valence-electron chi connectivity index (χ2n) is 10.3. The quantitative estimate of drug-likeness (QED) is 0.317. The van der Waals surface area contributed by atoms with Crippen molar-refractivity contribution in [2.75, 3.05) is 12.0 Å². The predicted molar refractivity (Wildman–Crippen MR) is 152 cm³/mol. The molecule has 8 heteroatoms. The van der Waals surface area contributed by atoms with Gasteiger partial charge >= 0.3 is 0 Å². The van der Waals surface area contributed by atoms with Gasteiger partial charge in [-0.2, -0.15) is 0 Å². The van der Waals surface area contributed by atoms with E-state index < -0.39 is 11.6 Å². The highest BCUT2D eigenvalue weighted by Crippen LogP contribution is 2.44. The lowest BCUT2D eigenvalue weighted by Crippen LogP contribution is -2.41. The van der Waals surface area contributed by atoms with E-state index in [2.05, 4.69) is 4.98 Å². The molecule has 0 fully saturated rings. The smallest absolute Gasteiger partial charge is 0.232 e. The first-order valence-corrected chi connectivity index (χ1v) is 13.2. The van der Waals surface area contributed by atoms with Gasteiger partial charge in [0, 0.05) is 24.0 Å². The lowest BCUT2D eigenvalue weighted by Gasteiger charge is -2.38. The number of halogens is 1. The average Bonchev–Trinajstić information content (AvgIpc) is 3.35. The molecule has 5 rings (SSSR count). The van der Waals surface area contributed by atoms with Gasteiger partial charge in [0.05, 0.1) is 37.7 Å². The molecule has 1 amide bonds. The molecule has 0 saturated heterocycles. The third kappa shape index (κ3) is 5.12. The molecule has 0 saturated carbocycles. The van der Waals surface area contributed by atoms with Crippen molar-refractivity contribution in [1.29, 1.82) is 0 Å². The largest absolute Gasteiger partial charge is 0.493 e. The summed E-state index contributed by atoms with van der Waals surface area (Å²) < 4.78 is 13.5. The van der Waals surface area contributed by atoms with E-state index in [-0.39, 0.29) is 18.4 Å². The molecule has 1 N–H and O–H groups in total. The molecule has 0 spiro atoms. The number of benzene rings is 3. The fraction of sp³-hybridized carbons (Fsp3) is 0.290. The number of anilines is 1. The number of imidazole rings is 1. The summed E-state index contributed by atoms with van der Waals surface area (Å²) in [5.41, 5.74) is 3.42. The summed E-state index contributed by atoms with van der Waals surface area (Å²) in [6, 6.07) is 18.4. The van der Waals surface area contributed by atoms with Crippen LogP contribution < -0.4 is 14.4 Å². The summed E-state index contributed by atoms with van der Waals surface area (Å²) in [4.78, 5) is 19.9. The summed E-state index contributed by atoms with van der Waals surface area (Å²) in [5, 5.41) is 11.9. The van der Waals surface area contributed by atoms with Gasteiger partial charge < -0.3 is 24.0 Å². The Morgan fingerprint density at radius 3 is 2.36 bits per heavy atom. The number of carbonyl (C=O) groups excluding carboxylic acids is 1.